The van der Waals surface area contributed by atoms with Gasteiger partial charge in [-0.2, -0.15) is 0 Å². The fraction of sp³-hybridized carbons (Fsp3) is 0.0500. The van der Waals surface area contributed by atoms with Crippen LogP contribution in [0, 0.1) is 0 Å². The summed E-state index contributed by atoms with van der Waals surface area (Å²) in [6, 6.07) is 16.8. The molecule has 114 valence electrons. The van der Waals surface area contributed by atoms with Crippen molar-refractivity contribution < 1.29 is 13.9 Å². The molecule has 0 radical (unpaired) electrons. The van der Waals surface area contributed by atoms with E-state index in [4.69, 9.17) is 9.15 Å². The summed E-state index contributed by atoms with van der Waals surface area (Å²) in [7, 11) is 0. The van der Waals surface area contributed by atoms with E-state index in [-0.39, 0.29) is 5.78 Å². The lowest BCUT2D eigenvalue weighted by atomic mass is 10.1. The second-order valence-electron chi connectivity index (χ2n) is 5.01. The monoisotopic (exact) mass is 304 g/mol. The molecule has 0 aliphatic heterocycles. The number of hydrogen-bond donors (Lipinski definition) is 0. The van der Waals surface area contributed by atoms with Crippen molar-refractivity contribution in [2.75, 3.05) is 6.61 Å². The minimum atomic E-state index is -0.159. The number of allylic oxidation sites excluding steroid dienone is 1. The Kier molecular flexibility index (Phi) is 4.39. The molecule has 0 atom stereocenters. The Morgan fingerprint density at radius 1 is 1.13 bits per heavy atom. The number of benzene rings is 2. The first-order chi connectivity index (χ1) is 11.3. The van der Waals surface area contributed by atoms with E-state index in [9.17, 15) is 4.79 Å². The van der Waals surface area contributed by atoms with E-state index in [0.717, 1.165) is 16.7 Å². The van der Waals surface area contributed by atoms with Crippen molar-refractivity contribution >= 4 is 22.8 Å². The van der Waals surface area contributed by atoms with Gasteiger partial charge < -0.3 is 9.15 Å². The first kappa shape index (κ1) is 14.9. The molecule has 3 heteroatoms. The number of para-hydroxylation sites is 1. The first-order valence-electron chi connectivity index (χ1n) is 7.31. The Labute approximate surface area is 134 Å². The fourth-order valence-electron chi connectivity index (χ4n) is 2.19. The van der Waals surface area contributed by atoms with Gasteiger partial charge in [0.2, 0.25) is 5.78 Å². The Hall–Kier alpha value is -3.07. The Morgan fingerprint density at radius 3 is 2.65 bits per heavy atom. The van der Waals surface area contributed by atoms with Gasteiger partial charge >= 0.3 is 0 Å². The molecule has 0 saturated carbocycles. The van der Waals surface area contributed by atoms with Crippen molar-refractivity contribution in [2.45, 2.75) is 0 Å². The molecule has 0 bridgehead atoms. The van der Waals surface area contributed by atoms with Crippen LogP contribution in [0.1, 0.15) is 16.1 Å². The number of ether oxygens (including phenoxy) is 1. The van der Waals surface area contributed by atoms with E-state index >= 15 is 0 Å². The second kappa shape index (κ2) is 6.79. The zero-order chi connectivity index (χ0) is 16.1. The van der Waals surface area contributed by atoms with E-state index in [2.05, 4.69) is 6.58 Å². The molecule has 0 saturated heterocycles. The zero-order valence-electron chi connectivity index (χ0n) is 12.6. The molecule has 1 aromatic heterocycles. The van der Waals surface area contributed by atoms with Crippen LogP contribution in [-0.4, -0.2) is 12.4 Å². The minimum Gasteiger partial charge on any atom is -0.490 e. The third-order valence-electron chi connectivity index (χ3n) is 3.34. The molecule has 0 unspecified atom stereocenters. The quantitative estimate of drug-likeness (QED) is 0.369. The summed E-state index contributed by atoms with van der Waals surface area (Å²) >= 11 is 0. The van der Waals surface area contributed by atoms with Crippen LogP contribution in [0.4, 0.5) is 0 Å². The predicted octanol–water partition coefficient (Wildman–Crippen LogP) is 4.89. The van der Waals surface area contributed by atoms with Gasteiger partial charge in [-0.3, -0.25) is 4.79 Å². The van der Waals surface area contributed by atoms with Gasteiger partial charge in [0.15, 0.2) is 5.76 Å². The maximum absolute atomic E-state index is 12.2. The summed E-state index contributed by atoms with van der Waals surface area (Å²) in [5.41, 5.74) is 1.63. The summed E-state index contributed by atoms with van der Waals surface area (Å²) in [6.07, 6.45) is 4.96. The van der Waals surface area contributed by atoms with Gasteiger partial charge in [-0.15, -0.1) is 0 Å². The molecule has 0 N–H and O–H groups in total. The third kappa shape index (κ3) is 3.58. The lowest BCUT2D eigenvalue weighted by Crippen LogP contribution is -1.92. The van der Waals surface area contributed by atoms with Gasteiger partial charge in [0, 0.05) is 5.39 Å². The summed E-state index contributed by atoms with van der Waals surface area (Å²) in [5, 5.41) is 0.924. The van der Waals surface area contributed by atoms with Crippen LogP contribution in [0.5, 0.6) is 5.75 Å². The normalized spacial score (nSPS) is 11.0. The molecule has 0 amide bonds. The summed E-state index contributed by atoms with van der Waals surface area (Å²) < 4.78 is 11.0. The molecule has 3 aromatic rings. The summed E-state index contributed by atoms with van der Waals surface area (Å²) in [5.74, 6) is 0.951. The van der Waals surface area contributed by atoms with Crippen LogP contribution in [0.25, 0.3) is 17.0 Å². The van der Waals surface area contributed by atoms with Crippen LogP contribution in [0.15, 0.2) is 77.7 Å². The van der Waals surface area contributed by atoms with E-state index in [1.807, 2.05) is 48.5 Å². The van der Waals surface area contributed by atoms with Gasteiger partial charge in [0.1, 0.15) is 17.9 Å². The van der Waals surface area contributed by atoms with Gasteiger partial charge in [0.25, 0.3) is 0 Å². The molecule has 0 aliphatic rings. The van der Waals surface area contributed by atoms with Crippen LogP contribution in [-0.2, 0) is 0 Å². The first-order valence-corrected chi connectivity index (χ1v) is 7.31. The highest BCUT2D eigenvalue weighted by molar-refractivity contribution is 6.06. The van der Waals surface area contributed by atoms with Crippen molar-refractivity contribution in [1.82, 2.24) is 0 Å². The lowest BCUT2D eigenvalue weighted by Gasteiger charge is -2.02. The molecular weight excluding hydrogens is 288 g/mol. The average molecular weight is 304 g/mol. The number of carbonyl (C=O) groups is 1. The highest BCUT2D eigenvalue weighted by Gasteiger charge is 2.08. The van der Waals surface area contributed by atoms with E-state index in [1.165, 1.54) is 6.08 Å². The highest BCUT2D eigenvalue weighted by Crippen LogP contribution is 2.20. The highest BCUT2D eigenvalue weighted by atomic mass is 16.5. The Balaban J connectivity index is 1.71. The number of fused-ring (bicyclic) bond motifs is 1. The largest absolute Gasteiger partial charge is 0.490 e. The Morgan fingerprint density at radius 2 is 1.91 bits per heavy atom. The summed E-state index contributed by atoms with van der Waals surface area (Å²) in [4.78, 5) is 12.2. The molecule has 3 rings (SSSR count). The van der Waals surface area contributed by atoms with Crippen molar-refractivity contribution in [1.29, 1.82) is 0 Å². The molecule has 1 heterocycles. The van der Waals surface area contributed by atoms with Crippen molar-refractivity contribution in [3.63, 3.8) is 0 Å². The number of carbonyl (C=O) groups excluding carboxylic acids is 1. The number of rotatable bonds is 6. The fourth-order valence-corrected chi connectivity index (χ4v) is 2.19. The molecule has 0 fully saturated rings. The molecule has 0 aliphatic carbocycles. The maximum atomic E-state index is 12.2. The SMILES string of the molecule is C=CCOc1ccc(/C=C/C(=O)c2cc3ccccc3o2)cc1. The molecule has 0 spiro atoms. The minimum absolute atomic E-state index is 0.159. The van der Waals surface area contributed by atoms with Crippen LogP contribution in [0.2, 0.25) is 0 Å². The lowest BCUT2D eigenvalue weighted by molar-refractivity contribution is 0.102. The summed E-state index contributed by atoms with van der Waals surface area (Å²) in [6.45, 7) is 4.08. The van der Waals surface area contributed by atoms with Gasteiger partial charge in [-0.1, -0.05) is 49.1 Å². The third-order valence-corrected chi connectivity index (χ3v) is 3.34. The van der Waals surface area contributed by atoms with Crippen LogP contribution in [0.3, 0.4) is 0 Å². The zero-order valence-corrected chi connectivity index (χ0v) is 12.6. The van der Waals surface area contributed by atoms with E-state index in [0.29, 0.717) is 18.0 Å². The standard InChI is InChI=1S/C20H16O3/c1-2-13-22-17-10-7-15(8-11-17)9-12-18(21)20-14-16-5-3-4-6-19(16)23-20/h2-12,14H,1,13H2/b12-9+. The molecule has 2 aromatic carbocycles. The maximum Gasteiger partial charge on any atom is 0.221 e. The van der Waals surface area contributed by atoms with Crippen LogP contribution >= 0.6 is 0 Å². The van der Waals surface area contributed by atoms with Gasteiger partial charge in [-0.25, -0.2) is 0 Å². The topological polar surface area (TPSA) is 39.4 Å². The molecule has 23 heavy (non-hydrogen) atoms. The van der Waals surface area contributed by atoms with Crippen molar-refractivity contribution in [3.8, 4) is 5.75 Å². The van der Waals surface area contributed by atoms with Gasteiger partial charge in [-0.05, 0) is 35.9 Å². The van der Waals surface area contributed by atoms with Crippen molar-refractivity contribution in [3.05, 3.63) is 84.7 Å². The number of furan rings is 1. The van der Waals surface area contributed by atoms with E-state index in [1.54, 1.807) is 18.2 Å². The smallest absolute Gasteiger partial charge is 0.221 e. The average Bonchev–Trinajstić information content (AvgIpc) is 3.03. The Bertz CT molecular complexity index is 821. The van der Waals surface area contributed by atoms with E-state index < -0.39 is 0 Å². The number of hydrogen-bond acceptors (Lipinski definition) is 3. The van der Waals surface area contributed by atoms with Crippen LogP contribution < -0.4 is 4.74 Å². The van der Waals surface area contributed by atoms with Gasteiger partial charge in [0.05, 0.1) is 0 Å². The van der Waals surface area contributed by atoms with Crippen molar-refractivity contribution in [2.24, 2.45) is 0 Å². The molecule has 3 nitrogen and oxygen atoms in total. The number of ketones is 1. The molecular formula is C20H16O3. The predicted molar refractivity (Wildman–Crippen MR) is 91.7 cm³/mol. The second-order valence-corrected chi connectivity index (χ2v) is 5.01.